The molecule has 0 radical (unpaired) electrons. The molecule has 5 nitrogen and oxygen atoms in total. The second-order valence-corrected chi connectivity index (χ2v) is 4.46. The molecular weight excluding hydrogens is 220 g/mol. The van der Waals surface area contributed by atoms with Crippen LogP contribution >= 0.6 is 0 Å². The van der Waals surface area contributed by atoms with Gasteiger partial charge in [-0.2, -0.15) is 0 Å². The maximum Gasteiger partial charge on any atom is 0.255 e. The van der Waals surface area contributed by atoms with Crippen LogP contribution in [-0.4, -0.2) is 22.5 Å². The summed E-state index contributed by atoms with van der Waals surface area (Å²) in [4.78, 5) is 22.9. The topological polar surface area (TPSA) is 92.4 Å². The standard InChI is InChI=1S/C12H16N2O3/c1-7-4-5-9(15)8(6-7)10(16)14-12(2,3)11(13)17/h4-6,15H,1-3H3,(H2,13,17)(H,14,16). The predicted octanol–water partition coefficient (Wildman–Crippen LogP) is 0.694. The van der Waals surface area contributed by atoms with Crippen molar-refractivity contribution in [1.82, 2.24) is 5.32 Å². The number of nitrogens with two attached hydrogens (primary N) is 1. The van der Waals surface area contributed by atoms with Crippen molar-refractivity contribution in [2.45, 2.75) is 26.3 Å². The smallest absolute Gasteiger partial charge is 0.255 e. The Labute approximate surface area is 99.6 Å². The zero-order chi connectivity index (χ0) is 13.2. The zero-order valence-corrected chi connectivity index (χ0v) is 10.1. The van der Waals surface area contributed by atoms with Crippen LogP contribution < -0.4 is 11.1 Å². The fourth-order valence-electron chi connectivity index (χ4n) is 1.24. The summed E-state index contributed by atoms with van der Waals surface area (Å²) < 4.78 is 0. The Balaban J connectivity index is 2.98. The Hall–Kier alpha value is -2.04. The minimum absolute atomic E-state index is 0.124. The third-order valence-electron chi connectivity index (χ3n) is 2.44. The Morgan fingerprint density at radius 2 is 1.94 bits per heavy atom. The molecule has 0 saturated carbocycles. The van der Waals surface area contributed by atoms with E-state index in [1.807, 2.05) is 0 Å². The van der Waals surface area contributed by atoms with E-state index in [0.717, 1.165) is 5.56 Å². The highest BCUT2D eigenvalue weighted by molar-refractivity contribution is 6.00. The monoisotopic (exact) mass is 236 g/mol. The zero-order valence-electron chi connectivity index (χ0n) is 10.1. The number of benzene rings is 1. The van der Waals surface area contributed by atoms with E-state index >= 15 is 0 Å². The van der Waals surface area contributed by atoms with Crippen molar-refractivity contribution >= 4 is 11.8 Å². The molecule has 0 fully saturated rings. The highest BCUT2D eigenvalue weighted by Crippen LogP contribution is 2.18. The van der Waals surface area contributed by atoms with E-state index in [4.69, 9.17) is 5.73 Å². The number of nitrogens with one attached hydrogen (secondary N) is 1. The lowest BCUT2D eigenvalue weighted by atomic mass is 10.0. The molecule has 0 aliphatic heterocycles. The van der Waals surface area contributed by atoms with Crippen molar-refractivity contribution in [3.05, 3.63) is 29.3 Å². The molecule has 0 atom stereocenters. The van der Waals surface area contributed by atoms with Crippen LogP contribution in [0, 0.1) is 6.92 Å². The molecule has 1 aromatic carbocycles. The van der Waals surface area contributed by atoms with Crippen LogP contribution in [0.2, 0.25) is 0 Å². The van der Waals surface area contributed by atoms with Gasteiger partial charge in [-0.1, -0.05) is 11.6 Å². The molecule has 0 saturated heterocycles. The summed E-state index contributed by atoms with van der Waals surface area (Å²) in [5, 5.41) is 12.0. The number of amides is 2. The number of primary amides is 1. The molecule has 1 rings (SSSR count). The quantitative estimate of drug-likeness (QED) is 0.721. The van der Waals surface area contributed by atoms with Crippen LogP contribution in [0.1, 0.15) is 29.8 Å². The highest BCUT2D eigenvalue weighted by atomic mass is 16.3. The lowest BCUT2D eigenvalue weighted by Gasteiger charge is -2.22. The summed E-state index contributed by atoms with van der Waals surface area (Å²) in [5.74, 6) is -1.30. The number of aryl methyl sites for hydroxylation is 1. The number of rotatable bonds is 3. The van der Waals surface area contributed by atoms with Crippen molar-refractivity contribution in [3.63, 3.8) is 0 Å². The summed E-state index contributed by atoms with van der Waals surface area (Å²) in [7, 11) is 0. The van der Waals surface area contributed by atoms with Crippen LogP contribution in [0.15, 0.2) is 18.2 Å². The fraction of sp³-hybridized carbons (Fsp3) is 0.333. The molecule has 0 unspecified atom stereocenters. The highest BCUT2D eigenvalue weighted by Gasteiger charge is 2.28. The Morgan fingerprint density at radius 3 is 2.47 bits per heavy atom. The molecule has 0 aromatic heterocycles. The lowest BCUT2D eigenvalue weighted by molar-refractivity contribution is -0.122. The number of hydrogen-bond acceptors (Lipinski definition) is 3. The van der Waals surface area contributed by atoms with Crippen LogP contribution in [0.5, 0.6) is 5.75 Å². The van der Waals surface area contributed by atoms with E-state index in [9.17, 15) is 14.7 Å². The third kappa shape index (κ3) is 2.96. The first-order valence-corrected chi connectivity index (χ1v) is 5.16. The number of phenolic OH excluding ortho intramolecular Hbond substituents is 1. The first-order chi connectivity index (χ1) is 7.74. The Bertz CT molecular complexity index is 467. The van der Waals surface area contributed by atoms with Gasteiger partial charge in [0.25, 0.3) is 5.91 Å². The second kappa shape index (κ2) is 4.45. The van der Waals surface area contributed by atoms with E-state index in [0.29, 0.717) is 0 Å². The van der Waals surface area contributed by atoms with Gasteiger partial charge in [0.15, 0.2) is 0 Å². The Morgan fingerprint density at radius 1 is 1.35 bits per heavy atom. The minimum Gasteiger partial charge on any atom is -0.507 e. The van der Waals surface area contributed by atoms with E-state index < -0.39 is 17.4 Å². The van der Waals surface area contributed by atoms with E-state index in [2.05, 4.69) is 5.32 Å². The molecule has 5 heteroatoms. The molecule has 0 aliphatic carbocycles. The molecule has 4 N–H and O–H groups in total. The van der Waals surface area contributed by atoms with Gasteiger partial charge < -0.3 is 16.2 Å². The number of carbonyl (C=O) groups is 2. The molecule has 17 heavy (non-hydrogen) atoms. The molecule has 1 aromatic rings. The maximum absolute atomic E-state index is 11.9. The van der Waals surface area contributed by atoms with E-state index in [-0.39, 0.29) is 11.3 Å². The van der Waals surface area contributed by atoms with Gasteiger partial charge in [0.2, 0.25) is 5.91 Å². The maximum atomic E-state index is 11.9. The SMILES string of the molecule is Cc1ccc(O)c(C(=O)NC(C)(C)C(N)=O)c1. The molecule has 92 valence electrons. The van der Waals surface area contributed by atoms with Gasteiger partial charge in [0, 0.05) is 0 Å². The molecule has 0 bridgehead atoms. The Kier molecular flexibility index (Phi) is 3.41. The molecule has 0 heterocycles. The average molecular weight is 236 g/mol. The third-order valence-corrected chi connectivity index (χ3v) is 2.44. The average Bonchev–Trinajstić information content (AvgIpc) is 2.20. The largest absolute Gasteiger partial charge is 0.507 e. The van der Waals surface area contributed by atoms with E-state index in [1.165, 1.54) is 19.9 Å². The number of carbonyl (C=O) groups excluding carboxylic acids is 2. The second-order valence-electron chi connectivity index (χ2n) is 4.46. The summed E-state index contributed by atoms with van der Waals surface area (Å²) in [6.45, 7) is 4.80. The van der Waals surface area contributed by atoms with Gasteiger partial charge in [0.05, 0.1) is 5.56 Å². The van der Waals surface area contributed by atoms with Gasteiger partial charge >= 0.3 is 0 Å². The fourth-order valence-corrected chi connectivity index (χ4v) is 1.24. The first kappa shape index (κ1) is 13.0. The number of phenols is 1. The van der Waals surface area contributed by atoms with Gasteiger partial charge in [0.1, 0.15) is 11.3 Å². The summed E-state index contributed by atoms with van der Waals surface area (Å²) in [6, 6.07) is 4.66. The summed E-state index contributed by atoms with van der Waals surface area (Å²) >= 11 is 0. The van der Waals surface area contributed by atoms with Gasteiger partial charge in [-0.25, -0.2) is 0 Å². The summed E-state index contributed by atoms with van der Waals surface area (Å²) in [5.41, 5.74) is 4.95. The van der Waals surface area contributed by atoms with Crippen LogP contribution in [-0.2, 0) is 4.79 Å². The molecule has 0 aliphatic rings. The van der Waals surface area contributed by atoms with Crippen LogP contribution in [0.3, 0.4) is 0 Å². The minimum atomic E-state index is -1.16. The van der Waals surface area contributed by atoms with Crippen molar-refractivity contribution in [2.24, 2.45) is 5.73 Å². The van der Waals surface area contributed by atoms with Crippen molar-refractivity contribution in [1.29, 1.82) is 0 Å². The van der Waals surface area contributed by atoms with Crippen molar-refractivity contribution in [2.75, 3.05) is 0 Å². The normalized spacial score (nSPS) is 11.0. The first-order valence-electron chi connectivity index (χ1n) is 5.16. The van der Waals surface area contributed by atoms with Crippen LogP contribution in [0.4, 0.5) is 0 Å². The van der Waals surface area contributed by atoms with Gasteiger partial charge in [-0.05, 0) is 32.9 Å². The summed E-state index contributed by atoms with van der Waals surface area (Å²) in [6.07, 6.45) is 0. The van der Waals surface area contributed by atoms with Crippen molar-refractivity contribution in [3.8, 4) is 5.75 Å². The number of aromatic hydroxyl groups is 1. The van der Waals surface area contributed by atoms with Crippen LogP contribution in [0.25, 0.3) is 0 Å². The number of hydrogen-bond donors (Lipinski definition) is 3. The predicted molar refractivity (Wildman–Crippen MR) is 63.6 cm³/mol. The van der Waals surface area contributed by atoms with Gasteiger partial charge in [-0.3, -0.25) is 9.59 Å². The van der Waals surface area contributed by atoms with E-state index in [1.54, 1.807) is 19.1 Å². The lowest BCUT2D eigenvalue weighted by Crippen LogP contribution is -2.53. The molecule has 0 spiro atoms. The van der Waals surface area contributed by atoms with Gasteiger partial charge in [-0.15, -0.1) is 0 Å². The van der Waals surface area contributed by atoms with Crippen molar-refractivity contribution < 1.29 is 14.7 Å². The molecular formula is C12H16N2O3. The molecule has 2 amide bonds.